The van der Waals surface area contributed by atoms with E-state index >= 15 is 0 Å². The first kappa shape index (κ1) is 8.25. The maximum Gasteiger partial charge on any atom is 0.239 e. The molecule has 3 saturated heterocycles. The minimum Gasteiger partial charge on any atom is -0.292 e. The van der Waals surface area contributed by atoms with Crippen LogP contribution in [0.4, 0.5) is 0 Å². The molecule has 3 heterocycles. The predicted octanol–water partition coefficient (Wildman–Crippen LogP) is 1.48. The first-order valence-electron chi connectivity index (χ1n) is 5.17. The number of halogens is 1. The molecule has 72 valence electrons. The third-order valence-corrected chi connectivity index (χ3v) is 4.22. The lowest BCUT2D eigenvalue weighted by Crippen LogP contribution is -2.61. The normalized spacial score (nSPS) is 52.5. The number of carbonyl (C=O) groups excluding carboxylic acids is 1. The van der Waals surface area contributed by atoms with Gasteiger partial charge in [-0.15, -0.1) is 0 Å². The Hall–Kier alpha value is -0.0800. The van der Waals surface area contributed by atoms with Gasteiger partial charge in [0.25, 0.3) is 0 Å². The molecule has 4 rings (SSSR count). The zero-order valence-electron chi connectivity index (χ0n) is 7.58. The summed E-state index contributed by atoms with van der Waals surface area (Å²) in [5.74, 6) is 2.31. The van der Waals surface area contributed by atoms with Crippen molar-refractivity contribution in [1.82, 2.24) is 4.90 Å². The molecular formula is C10H14ClNO. The Morgan fingerprint density at radius 2 is 1.77 bits per heavy atom. The Bertz CT molecular complexity index is 225. The average molecular weight is 200 g/mol. The maximum atomic E-state index is 11.3. The molecule has 13 heavy (non-hydrogen) atoms. The lowest BCUT2D eigenvalue weighted by molar-refractivity contribution is -0.130. The van der Waals surface area contributed by atoms with Crippen LogP contribution in [0.5, 0.6) is 0 Å². The summed E-state index contributed by atoms with van der Waals surface area (Å²) in [5.41, 5.74) is 0. The van der Waals surface area contributed by atoms with Crippen LogP contribution >= 0.6 is 11.6 Å². The summed E-state index contributed by atoms with van der Waals surface area (Å²) in [6.45, 7) is 2.24. The molecule has 4 bridgehead atoms. The van der Waals surface area contributed by atoms with E-state index < -0.39 is 0 Å². The number of piperidine rings is 3. The second-order valence-corrected chi connectivity index (χ2v) is 5.27. The third-order valence-electron chi connectivity index (χ3n) is 4.00. The molecule has 1 aliphatic carbocycles. The van der Waals surface area contributed by atoms with Gasteiger partial charge in [0.1, 0.15) is 0 Å². The molecule has 3 heteroatoms. The minimum atomic E-state index is -0.121. The van der Waals surface area contributed by atoms with Crippen LogP contribution in [0.1, 0.15) is 19.3 Å². The van der Waals surface area contributed by atoms with Crippen molar-refractivity contribution in [3.63, 3.8) is 0 Å². The first-order valence-corrected chi connectivity index (χ1v) is 5.55. The fourth-order valence-corrected chi connectivity index (χ4v) is 4.08. The van der Waals surface area contributed by atoms with Crippen molar-refractivity contribution in [2.45, 2.75) is 25.3 Å². The van der Waals surface area contributed by atoms with E-state index in [1.807, 2.05) is 0 Å². The van der Waals surface area contributed by atoms with E-state index in [9.17, 15) is 4.79 Å². The molecule has 1 saturated carbocycles. The van der Waals surface area contributed by atoms with Gasteiger partial charge >= 0.3 is 0 Å². The summed E-state index contributed by atoms with van der Waals surface area (Å²) >= 11 is 5.64. The summed E-state index contributed by atoms with van der Waals surface area (Å²) in [4.78, 5) is 13.6. The van der Waals surface area contributed by atoms with Gasteiger partial charge in [-0.1, -0.05) is 0 Å². The summed E-state index contributed by atoms with van der Waals surface area (Å²) in [6, 6.07) is 0.0643. The van der Waals surface area contributed by atoms with Gasteiger partial charge < -0.3 is 0 Å². The highest BCUT2D eigenvalue weighted by Gasteiger charge is 2.49. The van der Waals surface area contributed by atoms with Crippen LogP contribution in [-0.4, -0.2) is 29.3 Å². The third kappa shape index (κ3) is 1.15. The molecule has 0 N–H and O–H groups in total. The topological polar surface area (TPSA) is 20.3 Å². The molecule has 0 aromatic carbocycles. The molecule has 4 fully saturated rings. The molecule has 3 aliphatic heterocycles. The van der Waals surface area contributed by atoms with E-state index in [-0.39, 0.29) is 11.3 Å². The Morgan fingerprint density at radius 3 is 2.23 bits per heavy atom. The molecular weight excluding hydrogens is 186 g/mol. The van der Waals surface area contributed by atoms with Crippen molar-refractivity contribution >= 4 is 16.8 Å². The highest BCUT2D eigenvalue weighted by molar-refractivity contribution is 6.64. The zero-order valence-corrected chi connectivity index (χ0v) is 8.33. The minimum absolute atomic E-state index is 0.0643. The van der Waals surface area contributed by atoms with E-state index in [1.54, 1.807) is 0 Å². The Labute approximate surface area is 83.2 Å². The first-order chi connectivity index (χ1) is 6.24. The van der Waals surface area contributed by atoms with Crippen molar-refractivity contribution < 1.29 is 4.79 Å². The van der Waals surface area contributed by atoms with E-state index in [2.05, 4.69) is 4.90 Å². The molecule has 0 aromatic rings. The number of nitrogens with zero attached hydrogens (tertiary/aromatic N) is 1. The van der Waals surface area contributed by atoms with Gasteiger partial charge in [0, 0.05) is 13.1 Å². The molecule has 0 amide bonds. The smallest absolute Gasteiger partial charge is 0.239 e. The average Bonchev–Trinajstić information content (AvgIpc) is 2.00. The van der Waals surface area contributed by atoms with Crippen molar-refractivity contribution in [3.05, 3.63) is 0 Å². The van der Waals surface area contributed by atoms with E-state index in [0.717, 1.165) is 24.9 Å². The summed E-state index contributed by atoms with van der Waals surface area (Å²) in [5, 5.41) is -0.121. The van der Waals surface area contributed by atoms with Gasteiger partial charge in [-0.3, -0.25) is 9.69 Å². The number of hydrogen-bond acceptors (Lipinski definition) is 2. The summed E-state index contributed by atoms with van der Waals surface area (Å²) in [6.07, 6.45) is 3.89. The number of rotatable bonds is 1. The fraction of sp³-hybridized carbons (Fsp3) is 0.900. The Kier molecular flexibility index (Phi) is 1.72. The van der Waals surface area contributed by atoms with Crippen LogP contribution in [-0.2, 0) is 4.79 Å². The highest BCUT2D eigenvalue weighted by Crippen LogP contribution is 2.46. The zero-order chi connectivity index (χ0) is 9.00. The predicted molar refractivity (Wildman–Crippen MR) is 50.5 cm³/mol. The molecule has 3 atom stereocenters. The largest absolute Gasteiger partial charge is 0.292 e. The quantitative estimate of drug-likeness (QED) is 0.597. The Morgan fingerprint density at radius 1 is 1.15 bits per heavy atom. The van der Waals surface area contributed by atoms with Crippen LogP contribution < -0.4 is 0 Å². The number of hydrogen-bond donors (Lipinski definition) is 0. The van der Waals surface area contributed by atoms with Gasteiger partial charge in [-0.2, -0.15) is 0 Å². The summed E-state index contributed by atoms with van der Waals surface area (Å²) < 4.78 is 0. The lowest BCUT2D eigenvalue weighted by atomic mass is 9.65. The van der Waals surface area contributed by atoms with Gasteiger partial charge in [-0.05, 0) is 48.6 Å². The molecule has 0 spiro atoms. The standard InChI is InChI=1S/C10H14ClNO/c11-10(13)9-8-2-6-1-7(3-8)5-12(9)4-6/h6-9H,1-5H2. The van der Waals surface area contributed by atoms with E-state index in [0.29, 0.717) is 5.92 Å². The van der Waals surface area contributed by atoms with Gasteiger partial charge in [-0.25, -0.2) is 0 Å². The van der Waals surface area contributed by atoms with Crippen molar-refractivity contribution in [1.29, 1.82) is 0 Å². The second-order valence-electron chi connectivity index (χ2n) is 4.90. The number of carbonyl (C=O) groups is 1. The summed E-state index contributed by atoms with van der Waals surface area (Å²) in [7, 11) is 0. The van der Waals surface area contributed by atoms with Crippen LogP contribution in [0.15, 0.2) is 0 Å². The lowest BCUT2D eigenvalue weighted by Gasteiger charge is -2.55. The van der Waals surface area contributed by atoms with Crippen LogP contribution in [0.3, 0.4) is 0 Å². The van der Waals surface area contributed by atoms with Crippen LogP contribution in [0.2, 0.25) is 0 Å². The van der Waals surface area contributed by atoms with E-state index in [4.69, 9.17) is 11.6 Å². The monoisotopic (exact) mass is 199 g/mol. The molecule has 3 unspecified atom stereocenters. The van der Waals surface area contributed by atoms with Gasteiger partial charge in [0.05, 0.1) is 6.04 Å². The van der Waals surface area contributed by atoms with Gasteiger partial charge in [0.15, 0.2) is 0 Å². The van der Waals surface area contributed by atoms with Crippen LogP contribution in [0, 0.1) is 17.8 Å². The van der Waals surface area contributed by atoms with Crippen LogP contribution in [0.25, 0.3) is 0 Å². The molecule has 2 nitrogen and oxygen atoms in total. The second kappa shape index (κ2) is 2.71. The highest BCUT2D eigenvalue weighted by atomic mass is 35.5. The van der Waals surface area contributed by atoms with Crippen molar-refractivity contribution in [2.24, 2.45) is 17.8 Å². The SMILES string of the molecule is O=C(Cl)C1C2CC3CC(C2)CN1C3. The molecule has 0 aromatic heterocycles. The van der Waals surface area contributed by atoms with Crippen molar-refractivity contribution in [3.8, 4) is 0 Å². The van der Waals surface area contributed by atoms with E-state index in [1.165, 1.54) is 19.3 Å². The maximum absolute atomic E-state index is 11.3. The Balaban J connectivity index is 1.89. The van der Waals surface area contributed by atoms with Gasteiger partial charge in [0.2, 0.25) is 5.24 Å². The van der Waals surface area contributed by atoms with Crippen molar-refractivity contribution in [2.75, 3.05) is 13.1 Å². The molecule has 4 aliphatic rings. The fourth-order valence-electron chi connectivity index (χ4n) is 3.76. The molecule has 0 radical (unpaired) electrons.